The summed E-state index contributed by atoms with van der Waals surface area (Å²) in [5.74, 6) is 0.604. The van der Waals surface area contributed by atoms with Crippen molar-refractivity contribution in [3.8, 4) is 33.8 Å². The number of aromatic nitrogens is 6. The van der Waals surface area contributed by atoms with Gasteiger partial charge in [-0.2, -0.15) is 8.61 Å². The monoisotopic (exact) mass is 972 g/mol. The van der Waals surface area contributed by atoms with Crippen molar-refractivity contribution in [1.82, 2.24) is 38.5 Å². The molecule has 0 saturated heterocycles. The molecular formula is C50H57FN12O4S2. The third kappa shape index (κ3) is 12.5. The number of rotatable bonds is 23. The van der Waals surface area contributed by atoms with E-state index in [0.717, 1.165) is 60.8 Å². The zero-order valence-corrected chi connectivity index (χ0v) is 40.3. The fraction of sp³-hybridized carbons (Fsp3) is 0.280. The third-order valence-corrected chi connectivity index (χ3v) is 14.4. The van der Waals surface area contributed by atoms with Gasteiger partial charge in [-0.1, -0.05) is 48.5 Å². The molecule has 69 heavy (non-hydrogen) atoms. The highest BCUT2D eigenvalue weighted by molar-refractivity contribution is 7.88. The second-order valence-corrected chi connectivity index (χ2v) is 21.0. The van der Waals surface area contributed by atoms with Crippen LogP contribution < -0.4 is 22.1 Å². The van der Waals surface area contributed by atoms with Crippen LogP contribution in [0.25, 0.3) is 55.6 Å². The number of nitrogens with one attached hydrogen (secondary N) is 4. The van der Waals surface area contributed by atoms with Crippen molar-refractivity contribution < 1.29 is 21.2 Å². The molecule has 360 valence electrons. The molecular weight excluding hydrogens is 916 g/mol. The Kier molecular flexibility index (Phi) is 15.4. The largest absolute Gasteiger partial charge is 0.361 e. The minimum Gasteiger partial charge on any atom is -0.361 e. The zero-order chi connectivity index (χ0) is 48.5. The van der Waals surface area contributed by atoms with Crippen molar-refractivity contribution in [2.75, 3.05) is 62.4 Å². The summed E-state index contributed by atoms with van der Waals surface area (Å²) in [7, 11) is -6.88. The highest BCUT2D eigenvalue weighted by atomic mass is 32.2. The van der Waals surface area contributed by atoms with Gasteiger partial charge in [0.05, 0.1) is 29.6 Å². The van der Waals surface area contributed by atoms with Gasteiger partial charge in [0.1, 0.15) is 5.82 Å². The Morgan fingerprint density at radius 1 is 0.594 bits per heavy atom. The van der Waals surface area contributed by atoms with Gasteiger partial charge in [0.25, 0.3) is 0 Å². The molecule has 4 aromatic heterocycles. The van der Waals surface area contributed by atoms with Gasteiger partial charge in [-0.05, 0) is 110 Å². The number of sulfonamides is 2. The Labute approximate surface area is 401 Å². The number of H-pyrrole nitrogens is 2. The molecule has 19 heteroatoms. The number of nitrogens with two attached hydrogens (primary N) is 2. The maximum atomic E-state index is 13.9. The van der Waals surface area contributed by atoms with Crippen LogP contribution in [0.3, 0.4) is 0 Å². The quantitative estimate of drug-likeness (QED) is 0.0384. The van der Waals surface area contributed by atoms with E-state index in [1.165, 1.54) is 33.3 Å². The zero-order valence-electron chi connectivity index (χ0n) is 38.6. The van der Waals surface area contributed by atoms with E-state index in [1.807, 2.05) is 79.1 Å². The number of hydrogen-bond donors (Lipinski definition) is 6. The third-order valence-electron chi connectivity index (χ3n) is 11.9. The van der Waals surface area contributed by atoms with Gasteiger partial charge in [-0.15, -0.1) is 0 Å². The summed E-state index contributed by atoms with van der Waals surface area (Å²) in [6.07, 6.45) is 10.5. The predicted octanol–water partition coefficient (Wildman–Crippen LogP) is 6.90. The van der Waals surface area contributed by atoms with Gasteiger partial charge >= 0.3 is 0 Å². The normalized spacial score (nSPS) is 12.2. The molecule has 8 rings (SSSR count). The van der Waals surface area contributed by atoms with Crippen LogP contribution in [0.2, 0.25) is 0 Å². The van der Waals surface area contributed by atoms with E-state index in [1.54, 1.807) is 12.3 Å². The van der Waals surface area contributed by atoms with Gasteiger partial charge in [-0.3, -0.25) is 0 Å². The molecule has 0 amide bonds. The Morgan fingerprint density at radius 2 is 1.10 bits per heavy atom. The molecule has 0 fully saturated rings. The molecule has 0 aliphatic carbocycles. The summed E-state index contributed by atoms with van der Waals surface area (Å²) >= 11 is 0. The molecule has 0 aliphatic heterocycles. The van der Waals surface area contributed by atoms with Crippen molar-refractivity contribution >= 4 is 53.7 Å². The lowest BCUT2D eigenvalue weighted by Crippen LogP contribution is -2.31. The molecule has 0 saturated carbocycles. The molecule has 0 unspecified atom stereocenters. The summed E-state index contributed by atoms with van der Waals surface area (Å²) < 4.78 is 66.9. The maximum absolute atomic E-state index is 13.9. The Hall–Kier alpha value is -6.61. The number of anilines is 2. The van der Waals surface area contributed by atoms with Gasteiger partial charge in [0.15, 0.2) is 0 Å². The Balaban J connectivity index is 0.994. The van der Waals surface area contributed by atoms with E-state index in [-0.39, 0.29) is 18.9 Å². The molecule has 4 aromatic carbocycles. The molecule has 0 bridgehead atoms. The van der Waals surface area contributed by atoms with E-state index < -0.39 is 20.0 Å². The molecule has 8 N–H and O–H groups in total. The van der Waals surface area contributed by atoms with Gasteiger partial charge in [-0.25, -0.2) is 41.2 Å². The van der Waals surface area contributed by atoms with Crippen molar-refractivity contribution in [3.63, 3.8) is 0 Å². The van der Waals surface area contributed by atoms with Crippen molar-refractivity contribution in [2.24, 2.45) is 11.5 Å². The van der Waals surface area contributed by atoms with E-state index in [0.29, 0.717) is 93.9 Å². The SMILES string of the molecule is CS(=O)(=O)N(CCCN)Cc1cccc(-c2ccnc(NCCc3c[nH]c4cc(-c5cc(-c6cccc(CN(CCCN)S(C)(=O)=O)c6)nc(NCCc6c[nH]c7cc(F)ccc67)n5)ccc34)n2)c1. The van der Waals surface area contributed by atoms with Crippen molar-refractivity contribution in [3.05, 3.63) is 144 Å². The van der Waals surface area contributed by atoms with Crippen molar-refractivity contribution in [2.45, 2.75) is 38.8 Å². The predicted molar refractivity (Wildman–Crippen MR) is 273 cm³/mol. The molecule has 8 aromatic rings. The van der Waals surface area contributed by atoms with E-state index in [4.69, 9.17) is 26.4 Å². The Morgan fingerprint density at radius 3 is 1.67 bits per heavy atom. The van der Waals surface area contributed by atoms with Crippen LogP contribution in [0.4, 0.5) is 16.3 Å². The number of benzene rings is 4. The minimum atomic E-state index is -3.47. The first kappa shape index (κ1) is 48.8. The maximum Gasteiger partial charge on any atom is 0.223 e. The van der Waals surface area contributed by atoms with Crippen LogP contribution >= 0.6 is 0 Å². The van der Waals surface area contributed by atoms with E-state index in [2.05, 4.69) is 37.7 Å². The second-order valence-electron chi connectivity index (χ2n) is 17.0. The summed E-state index contributed by atoms with van der Waals surface area (Å²) in [5.41, 5.74) is 21.4. The highest BCUT2D eigenvalue weighted by Crippen LogP contribution is 2.30. The van der Waals surface area contributed by atoms with Gasteiger partial charge < -0.3 is 32.1 Å². The lowest BCUT2D eigenvalue weighted by atomic mass is 10.0. The number of halogens is 1. The minimum absolute atomic E-state index is 0.200. The first-order chi connectivity index (χ1) is 33.2. The average Bonchev–Trinajstić information content (AvgIpc) is 3.94. The van der Waals surface area contributed by atoms with Crippen LogP contribution in [0, 0.1) is 5.82 Å². The average molecular weight is 973 g/mol. The van der Waals surface area contributed by atoms with Gasteiger partial charge in [0, 0.05) is 96.4 Å². The standard InChI is InChI=1S/C50H57FN12O4S2/c1-68(64,65)62(23-5-18-52)32-34-7-3-9-36(25-34)44-17-22-55-49(59-44)54-20-15-39-30-57-47-27-38(11-13-42(39)47)46-29-45(37-10-4-8-35(26-37)33-63(24-6-19-53)69(2,66)67)60-50(61-46)56-21-16-40-31-58-48-28-41(51)12-14-43(40)48/h3-4,7-14,17,22,25-31,57-58H,5-6,15-16,18-21,23-24,32-33,52-53H2,1-2H3,(H,54,55,59)(H,56,60,61). The van der Waals surface area contributed by atoms with Gasteiger partial charge in [0.2, 0.25) is 31.9 Å². The highest BCUT2D eigenvalue weighted by Gasteiger charge is 2.19. The van der Waals surface area contributed by atoms with Crippen molar-refractivity contribution in [1.29, 1.82) is 0 Å². The van der Waals surface area contributed by atoms with Crippen LogP contribution in [0.1, 0.15) is 35.1 Å². The topological polar surface area (TPSA) is 234 Å². The lowest BCUT2D eigenvalue weighted by Gasteiger charge is -2.20. The lowest BCUT2D eigenvalue weighted by molar-refractivity contribution is 0.405. The van der Waals surface area contributed by atoms with Crippen LogP contribution in [-0.2, 0) is 46.0 Å². The van der Waals surface area contributed by atoms with Crippen LogP contribution in [0.15, 0.2) is 116 Å². The number of hydrogen-bond acceptors (Lipinski definition) is 12. The number of nitrogens with zero attached hydrogens (tertiary/aromatic N) is 6. The molecule has 0 radical (unpaired) electrons. The van der Waals surface area contributed by atoms with E-state index >= 15 is 0 Å². The number of aromatic amines is 2. The molecule has 0 atom stereocenters. The molecule has 4 heterocycles. The Bertz CT molecular complexity index is 3290. The fourth-order valence-electron chi connectivity index (χ4n) is 8.29. The molecule has 0 spiro atoms. The summed E-state index contributed by atoms with van der Waals surface area (Å²) in [6.45, 7) is 2.98. The first-order valence-corrected chi connectivity index (χ1v) is 26.5. The number of fused-ring (bicyclic) bond motifs is 2. The molecule has 0 aliphatic rings. The summed E-state index contributed by atoms with van der Waals surface area (Å²) in [5, 5.41) is 8.80. The smallest absolute Gasteiger partial charge is 0.223 e. The van der Waals surface area contributed by atoms with Crippen LogP contribution in [-0.4, -0.2) is 107 Å². The summed E-state index contributed by atoms with van der Waals surface area (Å²) in [6, 6.07) is 30.1. The van der Waals surface area contributed by atoms with Crippen LogP contribution in [0.5, 0.6) is 0 Å². The second kappa shape index (κ2) is 21.8. The first-order valence-electron chi connectivity index (χ1n) is 22.8. The van der Waals surface area contributed by atoms with E-state index in [9.17, 15) is 21.2 Å². The fourth-order valence-corrected chi connectivity index (χ4v) is 9.98. The molecule has 16 nitrogen and oxygen atoms in total. The summed E-state index contributed by atoms with van der Waals surface area (Å²) in [4.78, 5) is 25.7.